The summed E-state index contributed by atoms with van der Waals surface area (Å²) in [6, 6.07) is 6.27. The summed E-state index contributed by atoms with van der Waals surface area (Å²) < 4.78 is 43.9. The fraction of sp³-hybridized carbons (Fsp3) is 0.467. The van der Waals surface area contributed by atoms with Crippen molar-refractivity contribution < 1.29 is 17.5 Å². The molecule has 3 rings (SSSR count). The molecule has 0 spiro atoms. The molecule has 0 saturated carbocycles. The van der Waals surface area contributed by atoms with Crippen LogP contribution in [0.5, 0.6) is 5.75 Å². The summed E-state index contributed by atoms with van der Waals surface area (Å²) >= 11 is 1.44. The van der Waals surface area contributed by atoms with Crippen molar-refractivity contribution in [1.82, 2.24) is 14.8 Å². The maximum atomic E-state index is 13.4. The molecule has 0 bridgehead atoms. The second kappa shape index (κ2) is 7.10. The summed E-state index contributed by atoms with van der Waals surface area (Å²) in [6.07, 6.45) is 0.593. The molecular formula is C15H18FN3O3S2. The number of aromatic nitrogens is 3. The van der Waals surface area contributed by atoms with Crippen molar-refractivity contribution in [2.75, 3.05) is 23.9 Å². The molecule has 1 atom stereocenters. The Kier molecular flexibility index (Phi) is 5.09. The Hall–Kier alpha value is -1.61. The van der Waals surface area contributed by atoms with Crippen molar-refractivity contribution in [3.05, 3.63) is 35.9 Å². The average molecular weight is 371 g/mol. The molecule has 0 N–H and O–H groups in total. The van der Waals surface area contributed by atoms with E-state index < -0.39 is 9.84 Å². The van der Waals surface area contributed by atoms with Crippen LogP contribution in [0.2, 0.25) is 0 Å². The Morgan fingerprint density at radius 3 is 2.88 bits per heavy atom. The first-order chi connectivity index (χ1) is 11.5. The molecule has 1 aromatic heterocycles. The van der Waals surface area contributed by atoms with Crippen LogP contribution in [0.25, 0.3) is 0 Å². The van der Waals surface area contributed by atoms with E-state index >= 15 is 0 Å². The van der Waals surface area contributed by atoms with E-state index in [1.165, 1.54) is 17.8 Å². The second-order valence-electron chi connectivity index (χ2n) is 5.63. The minimum absolute atomic E-state index is 0.0866. The number of para-hydroxylation sites is 1. The largest absolute Gasteiger partial charge is 0.490 e. The number of benzene rings is 1. The quantitative estimate of drug-likeness (QED) is 0.571. The van der Waals surface area contributed by atoms with Gasteiger partial charge < -0.3 is 9.30 Å². The van der Waals surface area contributed by atoms with Crippen molar-refractivity contribution in [3.63, 3.8) is 0 Å². The Morgan fingerprint density at radius 1 is 1.38 bits per heavy atom. The first kappa shape index (κ1) is 17.2. The van der Waals surface area contributed by atoms with E-state index in [0.717, 1.165) is 0 Å². The van der Waals surface area contributed by atoms with Gasteiger partial charge in [-0.2, -0.15) is 0 Å². The first-order valence-electron chi connectivity index (χ1n) is 7.56. The summed E-state index contributed by atoms with van der Waals surface area (Å²) in [5.74, 6) is 1.40. The van der Waals surface area contributed by atoms with E-state index in [0.29, 0.717) is 29.8 Å². The molecule has 1 aliphatic rings. The summed E-state index contributed by atoms with van der Waals surface area (Å²) in [5, 5.41) is 8.96. The zero-order valence-electron chi connectivity index (χ0n) is 13.2. The fourth-order valence-electron chi connectivity index (χ4n) is 2.65. The lowest BCUT2D eigenvalue weighted by atomic mass is 10.1. The number of thioether (sulfide) groups is 1. The molecule has 2 heterocycles. The molecule has 1 saturated heterocycles. The number of hydrogen-bond donors (Lipinski definition) is 0. The van der Waals surface area contributed by atoms with Crippen LogP contribution in [0, 0.1) is 5.82 Å². The Bertz CT molecular complexity index is 823. The van der Waals surface area contributed by atoms with Gasteiger partial charge in [-0.3, -0.25) is 0 Å². The standard InChI is InChI=1S/C15H18FN3O3S2/c1-19-14(11-6-9-24(20,21)10-11)17-18-15(19)23-8-7-22-13-5-3-2-4-12(13)16/h2-5,11H,6-10H2,1H3. The molecule has 0 aliphatic carbocycles. The van der Waals surface area contributed by atoms with Crippen LogP contribution in [0.1, 0.15) is 18.2 Å². The number of ether oxygens (including phenoxy) is 1. The maximum absolute atomic E-state index is 13.4. The van der Waals surface area contributed by atoms with Gasteiger partial charge in [0, 0.05) is 18.7 Å². The van der Waals surface area contributed by atoms with Gasteiger partial charge in [0.15, 0.2) is 26.6 Å². The van der Waals surface area contributed by atoms with Gasteiger partial charge in [-0.25, -0.2) is 12.8 Å². The zero-order valence-corrected chi connectivity index (χ0v) is 14.8. The van der Waals surface area contributed by atoms with Crippen LogP contribution >= 0.6 is 11.8 Å². The van der Waals surface area contributed by atoms with Gasteiger partial charge in [0.25, 0.3) is 0 Å². The lowest BCUT2D eigenvalue weighted by molar-refractivity contribution is 0.325. The van der Waals surface area contributed by atoms with Crippen molar-refractivity contribution >= 4 is 21.6 Å². The minimum Gasteiger partial charge on any atom is -0.490 e. The maximum Gasteiger partial charge on any atom is 0.191 e. The fourth-order valence-corrected chi connectivity index (χ4v) is 5.13. The molecule has 1 aliphatic heterocycles. The van der Waals surface area contributed by atoms with Gasteiger partial charge in [-0.15, -0.1) is 10.2 Å². The molecule has 130 valence electrons. The van der Waals surface area contributed by atoms with Crippen LogP contribution in [0.4, 0.5) is 4.39 Å². The zero-order chi connectivity index (χ0) is 17.2. The SMILES string of the molecule is Cn1c(SCCOc2ccccc2F)nnc1C1CCS(=O)(=O)C1. The first-order valence-corrected chi connectivity index (χ1v) is 10.4. The van der Waals surface area contributed by atoms with Crippen molar-refractivity contribution in [3.8, 4) is 5.75 Å². The van der Waals surface area contributed by atoms with E-state index in [-0.39, 0.29) is 29.0 Å². The van der Waals surface area contributed by atoms with Gasteiger partial charge >= 0.3 is 0 Å². The Morgan fingerprint density at radius 2 is 2.17 bits per heavy atom. The van der Waals surface area contributed by atoms with Crippen molar-refractivity contribution in [2.45, 2.75) is 17.5 Å². The van der Waals surface area contributed by atoms with Crippen molar-refractivity contribution in [1.29, 1.82) is 0 Å². The minimum atomic E-state index is -2.95. The second-order valence-corrected chi connectivity index (χ2v) is 8.92. The van der Waals surface area contributed by atoms with Crippen LogP contribution in [0.3, 0.4) is 0 Å². The number of hydrogen-bond acceptors (Lipinski definition) is 6. The highest BCUT2D eigenvalue weighted by Gasteiger charge is 2.32. The molecule has 24 heavy (non-hydrogen) atoms. The summed E-state index contributed by atoms with van der Waals surface area (Å²) in [4.78, 5) is 0. The molecule has 1 unspecified atom stereocenters. The van der Waals surface area contributed by atoms with E-state index in [9.17, 15) is 12.8 Å². The number of sulfone groups is 1. The highest BCUT2D eigenvalue weighted by Crippen LogP contribution is 2.29. The molecule has 1 fully saturated rings. The lowest BCUT2D eigenvalue weighted by Crippen LogP contribution is -2.09. The number of halogens is 1. The van der Waals surface area contributed by atoms with E-state index in [4.69, 9.17) is 4.74 Å². The molecule has 6 nitrogen and oxygen atoms in total. The highest BCUT2D eigenvalue weighted by molar-refractivity contribution is 7.99. The topological polar surface area (TPSA) is 74.1 Å². The summed E-state index contributed by atoms with van der Waals surface area (Å²) in [6.45, 7) is 0.339. The summed E-state index contributed by atoms with van der Waals surface area (Å²) in [5.41, 5.74) is 0. The van der Waals surface area contributed by atoms with Gasteiger partial charge in [0.1, 0.15) is 5.82 Å². The predicted octanol–water partition coefficient (Wildman–Crippen LogP) is 2.03. The molecule has 9 heteroatoms. The third-order valence-corrected chi connectivity index (χ3v) is 6.63. The lowest BCUT2D eigenvalue weighted by Gasteiger charge is -2.08. The smallest absolute Gasteiger partial charge is 0.191 e. The van der Waals surface area contributed by atoms with Gasteiger partial charge in [-0.1, -0.05) is 23.9 Å². The molecule has 0 radical (unpaired) electrons. The van der Waals surface area contributed by atoms with Crippen LogP contribution in [-0.4, -0.2) is 47.0 Å². The normalized spacial score (nSPS) is 19.5. The average Bonchev–Trinajstić information content (AvgIpc) is 3.08. The van der Waals surface area contributed by atoms with E-state index in [1.54, 1.807) is 18.2 Å². The van der Waals surface area contributed by atoms with Crippen molar-refractivity contribution in [2.24, 2.45) is 7.05 Å². The molecule has 2 aromatic rings. The molecular weight excluding hydrogens is 353 g/mol. The Balaban J connectivity index is 1.54. The monoisotopic (exact) mass is 371 g/mol. The molecule has 1 aromatic carbocycles. The number of rotatable bonds is 6. The summed E-state index contributed by atoms with van der Waals surface area (Å²) in [7, 11) is -1.12. The Labute approximate surface area is 144 Å². The van der Waals surface area contributed by atoms with Gasteiger partial charge in [0.05, 0.1) is 18.1 Å². The van der Waals surface area contributed by atoms with Crippen LogP contribution < -0.4 is 4.74 Å². The van der Waals surface area contributed by atoms with E-state index in [1.807, 2.05) is 11.6 Å². The van der Waals surface area contributed by atoms with Gasteiger partial charge in [0.2, 0.25) is 0 Å². The highest BCUT2D eigenvalue weighted by atomic mass is 32.2. The van der Waals surface area contributed by atoms with Crippen LogP contribution in [0.15, 0.2) is 29.4 Å². The number of nitrogens with zero attached hydrogens (tertiary/aromatic N) is 3. The van der Waals surface area contributed by atoms with E-state index in [2.05, 4.69) is 10.2 Å². The van der Waals surface area contributed by atoms with Gasteiger partial charge in [-0.05, 0) is 18.6 Å². The third-order valence-electron chi connectivity index (χ3n) is 3.87. The predicted molar refractivity (Wildman–Crippen MR) is 89.6 cm³/mol. The van der Waals surface area contributed by atoms with Crippen LogP contribution in [-0.2, 0) is 16.9 Å². The molecule has 0 amide bonds. The third kappa shape index (κ3) is 3.89.